The topological polar surface area (TPSA) is 111 Å². The molecule has 7 nitrogen and oxygen atoms in total. The first-order valence-electron chi connectivity index (χ1n) is 12.3. The number of carbonyl (C=O) groups is 2. The van der Waals surface area contributed by atoms with E-state index in [0.29, 0.717) is 25.9 Å². The second-order valence-corrected chi connectivity index (χ2v) is 9.28. The lowest BCUT2D eigenvalue weighted by Crippen LogP contribution is -2.48. The van der Waals surface area contributed by atoms with Gasteiger partial charge in [-0.25, -0.2) is 0 Å². The summed E-state index contributed by atoms with van der Waals surface area (Å²) in [5.74, 6) is -1.57. The van der Waals surface area contributed by atoms with E-state index in [0.717, 1.165) is 24.1 Å². The number of rotatable bonds is 7. The van der Waals surface area contributed by atoms with Crippen molar-refractivity contribution in [3.63, 3.8) is 0 Å². The van der Waals surface area contributed by atoms with Crippen LogP contribution in [0.25, 0.3) is 0 Å². The van der Waals surface area contributed by atoms with Gasteiger partial charge in [0, 0.05) is 25.7 Å². The molecule has 0 saturated heterocycles. The van der Waals surface area contributed by atoms with Crippen molar-refractivity contribution in [2.24, 2.45) is 0 Å². The first-order chi connectivity index (χ1) is 17.5. The van der Waals surface area contributed by atoms with Crippen molar-refractivity contribution in [3.8, 4) is 0 Å². The van der Waals surface area contributed by atoms with Crippen LogP contribution >= 0.6 is 0 Å². The molecule has 3 aromatic rings. The molecule has 3 atom stereocenters. The minimum absolute atomic E-state index is 0.266. The molecule has 0 saturated carbocycles. The summed E-state index contributed by atoms with van der Waals surface area (Å²) in [4.78, 5) is 22.2. The summed E-state index contributed by atoms with van der Waals surface area (Å²) in [7, 11) is 0. The molecule has 0 aromatic heterocycles. The van der Waals surface area contributed by atoms with Gasteiger partial charge in [0.05, 0.1) is 0 Å². The van der Waals surface area contributed by atoms with Crippen LogP contribution in [0.15, 0.2) is 78.9 Å². The van der Waals surface area contributed by atoms with Gasteiger partial charge < -0.3 is 26.2 Å². The summed E-state index contributed by atoms with van der Waals surface area (Å²) in [5, 5.41) is 27.9. The van der Waals surface area contributed by atoms with Crippen LogP contribution in [0.1, 0.15) is 27.8 Å². The van der Waals surface area contributed by atoms with Crippen LogP contribution in [0, 0.1) is 0 Å². The average molecular weight is 488 g/mol. The Balaban J connectivity index is 0.000000197. The van der Waals surface area contributed by atoms with Crippen LogP contribution in [0.2, 0.25) is 0 Å². The molecule has 0 spiro atoms. The average Bonchev–Trinajstić information content (AvgIpc) is 2.91. The molecule has 2 heterocycles. The number of aliphatic carboxylic acids is 2. The predicted molar refractivity (Wildman–Crippen MR) is 139 cm³/mol. The van der Waals surface area contributed by atoms with E-state index in [4.69, 9.17) is 5.11 Å². The first kappa shape index (κ1) is 25.6. The number of hydrogen-bond donors (Lipinski definition) is 5. The summed E-state index contributed by atoms with van der Waals surface area (Å²) in [6.07, 6.45) is 2.02. The van der Waals surface area contributed by atoms with E-state index in [2.05, 4.69) is 40.2 Å². The van der Waals surface area contributed by atoms with Crippen LogP contribution in [-0.4, -0.2) is 46.8 Å². The SMILES string of the molecule is O=C(O)[C@@H]1Cc2ccccc2CN1.O=C(O)[C@H](Cc1ccccc1)NC[C@@H]1Cc2ccccc2CN1. The van der Waals surface area contributed by atoms with E-state index >= 15 is 0 Å². The van der Waals surface area contributed by atoms with Crippen molar-refractivity contribution >= 4 is 11.9 Å². The number of hydrogen-bond acceptors (Lipinski definition) is 5. The van der Waals surface area contributed by atoms with E-state index in [1.807, 2.05) is 54.6 Å². The van der Waals surface area contributed by atoms with E-state index in [9.17, 15) is 14.7 Å². The van der Waals surface area contributed by atoms with Gasteiger partial charge in [-0.3, -0.25) is 9.59 Å². The summed E-state index contributed by atoms with van der Waals surface area (Å²) >= 11 is 0. The molecule has 0 bridgehead atoms. The molecular weight excluding hydrogens is 454 g/mol. The number of nitrogens with one attached hydrogen (secondary N) is 3. The van der Waals surface area contributed by atoms with E-state index in [1.54, 1.807) is 0 Å². The number of fused-ring (bicyclic) bond motifs is 2. The number of carboxylic acid groups (broad SMARTS) is 2. The fraction of sp³-hybridized carbons (Fsp3) is 0.310. The highest BCUT2D eigenvalue weighted by Crippen LogP contribution is 2.17. The summed E-state index contributed by atoms with van der Waals surface area (Å²) in [6, 6.07) is 25.4. The van der Waals surface area contributed by atoms with Crippen molar-refractivity contribution in [1.29, 1.82) is 0 Å². The Bertz CT molecular complexity index is 1170. The second-order valence-electron chi connectivity index (χ2n) is 9.28. The quantitative estimate of drug-likeness (QED) is 0.349. The number of benzene rings is 3. The van der Waals surface area contributed by atoms with Crippen LogP contribution < -0.4 is 16.0 Å². The fourth-order valence-electron chi connectivity index (χ4n) is 4.68. The van der Waals surface area contributed by atoms with Crippen molar-refractivity contribution in [2.75, 3.05) is 6.54 Å². The van der Waals surface area contributed by atoms with Crippen LogP contribution in [0.4, 0.5) is 0 Å². The highest BCUT2D eigenvalue weighted by molar-refractivity contribution is 5.74. The lowest BCUT2D eigenvalue weighted by atomic mass is 9.95. The molecule has 0 unspecified atom stereocenters. The van der Waals surface area contributed by atoms with Crippen molar-refractivity contribution in [2.45, 2.75) is 50.5 Å². The van der Waals surface area contributed by atoms with Gasteiger partial charge in [-0.05, 0) is 47.1 Å². The van der Waals surface area contributed by atoms with E-state index < -0.39 is 24.0 Å². The van der Waals surface area contributed by atoms with Crippen molar-refractivity contribution in [3.05, 3.63) is 107 Å². The Morgan fingerprint density at radius 1 is 0.778 bits per heavy atom. The fourth-order valence-corrected chi connectivity index (χ4v) is 4.68. The molecule has 3 aromatic carbocycles. The zero-order valence-electron chi connectivity index (χ0n) is 20.2. The Morgan fingerprint density at radius 2 is 1.33 bits per heavy atom. The smallest absolute Gasteiger partial charge is 0.321 e. The molecule has 0 radical (unpaired) electrons. The van der Waals surface area contributed by atoms with Gasteiger partial charge in [-0.2, -0.15) is 0 Å². The van der Waals surface area contributed by atoms with Crippen LogP contribution in [-0.2, 0) is 41.9 Å². The highest BCUT2D eigenvalue weighted by atomic mass is 16.4. The zero-order valence-corrected chi connectivity index (χ0v) is 20.2. The Kier molecular flexibility index (Phi) is 8.84. The molecule has 5 rings (SSSR count). The molecule has 0 amide bonds. The first-order valence-corrected chi connectivity index (χ1v) is 12.3. The van der Waals surface area contributed by atoms with Crippen LogP contribution in [0.3, 0.4) is 0 Å². The third-order valence-corrected chi connectivity index (χ3v) is 6.74. The Labute approximate surface area is 211 Å². The lowest BCUT2D eigenvalue weighted by Gasteiger charge is -2.27. The molecule has 0 fully saturated rings. The maximum absolute atomic E-state index is 11.5. The van der Waals surface area contributed by atoms with Gasteiger partial charge in [0.1, 0.15) is 12.1 Å². The minimum atomic E-state index is -0.801. The predicted octanol–water partition coefficient (Wildman–Crippen LogP) is 2.77. The monoisotopic (exact) mass is 487 g/mol. The largest absolute Gasteiger partial charge is 0.480 e. The third-order valence-electron chi connectivity index (χ3n) is 6.74. The Morgan fingerprint density at radius 3 is 1.94 bits per heavy atom. The summed E-state index contributed by atoms with van der Waals surface area (Å²) in [6.45, 7) is 2.16. The molecule has 7 heteroatoms. The maximum Gasteiger partial charge on any atom is 0.321 e. The minimum Gasteiger partial charge on any atom is -0.480 e. The van der Waals surface area contributed by atoms with Crippen molar-refractivity contribution in [1.82, 2.24) is 16.0 Å². The number of carboxylic acids is 2. The molecule has 2 aliphatic heterocycles. The molecule has 188 valence electrons. The molecule has 2 aliphatic rings. The third kappa shape index (κ3) is 7.01. The van der Waals surface area contributed by atoms with E-state index in [1.165, 1.54) is 16.7 Å². The van der Waals surface area contributed by atoms with Gasteiger partial charge in [-0.15, -0.1) is 0 Å². The summed E-state index contributed by atoms with van der Waals surface area (Å²) < 4.78 is 0. The molecule has 5 N–H and O–H groups in total. The van der Waals surface area contributed by atoms with Gasteiger partial charge >= 0.3 is 11.9 Å². The second kappa shape index (κ2) is 12.4. The lowest BCUT2D eigenvalue weighted by molar-refractivity contribution is -0.140. The molecular formula is C29H33N3O4. The summed E-state index contributed by atoms with van der Waals surface area (Å²) in [5.41, 5.74) is 6.08. The standard InChI is InChI=1S/C19H22N2O2.C10H11NO2/c22-19(23)18(10-14-6-2-1-3-7-14)21-13-17-11-15-8-4-5-9-16(15)12-20-17;12-10(13)9-5-7-3-1-2-4-8(7)6-11-9/h1-9,17-18,20-21H,10-13H2,(H,22,23);1-4,9,11H,5-6H2,(H,12,13)/t17-,18-;9-/m00/s1. The Hall–Kier alpha value is -3.52. The van der Waals surface area contributed by atoms with Gasteiger partial charge in [-0.1, -0.05) is 78.9 Å². The maximum atomic E-state index is 11.5. The van der Waals surface area contributed by atoms with Gasteiger partial charge in [0.2, 0.25) is 0 Å². The molecule has 36 heavy (non-hydrogen) atoms. The van der Waals surface area contributed by atoms with Crippen molar-refractivity contribution < 1.29 is 19.8 Å². The van der Waals surface area contributed by atoms with Gasteiger partial charge in [0.15, 0.2) is 0 Å². The highest BCUT2D eigenvalue weighted by Gasteiger charge is 2.23. The van der Waals surface area contributed by atoms with Crippen LogP contribution in [0.5, 0.6) is 0 Å². The van der Waals surface area contributed by atoms with Gasteiger partial charge in [0.25, 0.3) is 0 Å². The normalized spacial score (nSPS) is 19.1. The zero-order chi connectivity index (χ0) is 25.3. The van der Waals surface area contributed by atoms with E-state index in [-0.39, 0.29) is 6.04 Å². The molecule has 0 aliphatic carbocycles.